The van der Waals surface area contributed by atoms with Crippen molar-refractivity contribution in [1.82, 2.24) is 4.90 Å². The van der Waals surface area contributed by atoms with Crippen molar-refractivity contribution < 1.29 is 4.74 Å². The molecule has 3 nitrogen and oxygen atoms in total. The molecule has 0 radical (unpaired) electrons. The minimum atomic E-state index is -0.425. The first-order valence-corrected chi connectivity index (χ1v) is 6.84. The van der Waals surface area contributed by atoms with Gasteiger partial charge in [-0.3, -0.25) is 4.90 Å². The molecule has 0 aromatic heterocycles. The zero-order valence-electron chi connectivity index (χ0n) is 12.1. The topological polar surface area (TPSA) is 36.3 Å². The molecule has 2 rings (SSSR count). The Bertz CT molecular complexity index is 482. The van der Waals surface area contributed by atoms with Crippen molar-refractivity contribution in [2.45, 2.75) is 32.7 Å². The lowest BCUT2D eigenvalue weighted by Gasteiger charge is -2.27. The summed E-state index contributed by atoms with van der Waals surface area (Å²) < 4.78 is 5.37. The SMILES string of the molecule is Cc1cc(CN2CCOCC2)cc(C(C)(C)C#N)c1. The molecule has 19 heavy (non-hydrogen) atoms. The standard InChI is InChI=1S/C16H22N2O/c1-13-8-14(11-18-4-6-19-7-5-18)10-15(9-13)16(2,3)12-17/h8-10H,4-7,11H2,1-3H3. The Balaban J connectivity index is 2.19. The van der Waals surface area contributed by atoms with E-state index in [-0.39, 0.29) is 0 Å². The van der Waals surface area contributed by atoms with E-state index in [0.29, 0.717) is 0 Å². The maximum atomic E-state index is 9.27. The van der Waals surface area contributed by atoms with Crippen LogP contribution in [0, 0.1) is 18.3 Å². The molecule has 1 aliphatic heterocycles. The zero-order chi connectivity index (χ0) is 13.9. The number of hydrogen-bond donors (Lipinski definition) is 0. The molecule has 102 valence electrons. The zero-order valence-corrected chi connectivity index (χ0v) is 12.1. The Labute approximate surface area is 115 Å². The summed E-state index contributed by atoms with van der Waals surface area (Å²) >= 11 is 0. The molecule has 0 atom stereocenters. The lowest BCUT2D eigenvalue weighted by atomic mass is 9.84. The van der Waals surface area contributed by atoms with Gasteiger partial charge >= 0.3 is 0 Å². The van der Waals surface area contributed by atoms with Crippen LogP contribution in [-0.4, -0.2) is 31.2 Å². The fraction of sp³-hybridized carbons (Fsp3) is 0.562. The number of morpholine rings is 1. The van der Waals surface area contributed by atoms with Crippen molar-refractivity contribution in [2.24, 2.45) is 0 Å². The smallest absolute Gasteiger partial charge is 0.0766 e. The highest BCUT2D eigenvalue weighted by atomic mass is 16.5. The van der Waals surface area contributed by atoms with E-state index < -0.39 is 5.41 Å². The van der Waals surface area contributed by atoms with Crippen LogP contribution >= 0.6 is 0 Å². The molecule has 1 aliphatic rings. The highest BCUT2D eigenvalue weighted by Crippen LogP contribution is 2.25. The van der Waals surface area contributed by atoms with Gasteiger partial charge in [-0.2, -0.15) is 5.26 Å². The molecule has 0 amide bonds. The van der Waals surface area contributed by atoms with Gasteiger partial charge in [-0.15, -0.1) is 0 Å². The van der Waals surface area contributed by atoms with Gasteiger partial charge in [0.15, 0.2) is 0 Å². The third kappa shape index (κ3) is 3.56. The van der Waals surface area contributed by atoms with Gasteiger partial charge in [0.2, 0.25) is 0 Å². The fourth-order valence-electron chi connectivity index (χ4n) is 2.40. The second kappa shape index (κ2) is 5.73. The summed E-state index contributed by atoms with van der Waals surface area (Å²) in [5, 5.41) is 9.27. The maximum Gasteiger partial charge on any atom is 0.0766 e. The monoisotopic (exact) mass is 258 g/mol. The van der Waals surface area contributed by atoms with Crippen molar-refractivity contribution >= 4 is 0 Å². The van der Waals surface area contributed by atoms with Gasteiger partial charge in [0.05, 0.1) is 24.7 Å². The summed E-state index contributed by atoms with van der Waals surface area (Å²) in [5.74, 6) is 0. The number of nitriles is 1. The predicted molar refractivity (Wildman–Crippen MR) is 75.9 cm³/mol. The molecule has 0 N–H and O–H groups in total. The second-order valence-corrected chi connectivity index (χ2v) is 5.83. The van der Waals surface area contributed by atoms with Crippen molar-refractivity contribution in [3.05, 3.63) is 34.9 Å². The van der Waals surface area contributed by atoms with Crippen LogP contribution in [0.1, 0.15) is 30.5 Å². The van der Waals surface area contributed by atoms with Crippen molar-refractivity contribution in [1.29, 1.82) is 5.26 Å². The van der Waals surface area contributed by atoms with Gasteiger partial charge in [0.25, 0.3) is 0 Å². The van der Waals surface area contributed by atoms with Crippen LogP contribution < -0.4 is 0 Å². The minimum absolute atomic E-state index is 0.425. The lowest BCUT2D eigenvalue weighted by molar-refractivity contribution is 0.0342. The van der Waals surface area contributed by atoms with Gasteiger partial charge in [0, 0.05) is 19.6 Å². The van der Waals surface area contributed by atoms with E-state index >= 15 is 0 Å². The van der Waals surface area contributed by atoms with Crippen molar-refractivity contribution in [3.8, 4) is 6.07 Å². The molecule has 1 fully saturated rings. The van der Waals surface area contributed by atoms with E-state index in [4.69, 9.17) is 4.74 Å². The number of nitrogens with zero attached hydrogens (tertiary/aromatic N) is 2. The molecule has 1 aromatic carbocycles. The van der Waals surface area contributed by atoms with E-state index in [1.54, 1.807) is 0 Å². The first-order valence-electron chi connectivity index (χ1n) is 6.84. The summed E-state index contributed by atoms with van der Waals surface area (Å²) in [4.78, 5) is 2.40. The second-order valence-electron chi connectivity index (χ2n) is 5.83. The van der Waals surface area contributed by atoms with Gasteiger partial charge in [0.1, 0.15) is 0 Å². The Kier molecular flexibility index (Phi) is 4.24. The molecule has 0 unspecified atom stereocenters. The summed E-state index contributed by atoms with van der Waals surface area (Å²) in [6, 6.07) is 8.89. The first-order chi connectivity index (χ1) is 9.01. The summed E-state index contributed by atoms with van der Waals surface area (Å²) in [6.07, 6.45) is 0. The molecule has 0 bridgehead atoms. The quantitative estimate of drug-likeness (QED) is 0.836. The minimum Gasteiger partial charge on any atom is -0.379 e. The largest absolute Gasteiger partial charge is 0.379 e. The number of benzene rings is 1. The third-order valence-corrected chi connectivity index (χ3v) is 3.65. The number of rotatable bonds is 3. The molecule has 1 heterocycles. The number of hydrogen-bond acceptors (Lipinski definition) is 3. The summed E-state index contributed by atoms with van der Waals surface area (Å²) in [7, 11) is 0. The molecule has 1 aromatic rings. The molecular weight excluding hydrogens is 236 g/mol. The van der Waals surface area contributed by atoms with Crippen molar-refractivity contribution in [3.63, 3.8) is 0 Å². The van der Waals surface area contributed by atoms with Crippen LogP contribution in [0.25, 0.3) is 0 Å². The van der Waals surface area contributed by atoms with E-state index in [1.165, 1.54) is 11.1 Å². The Morgan fingerprint density at radius 2 is 1.95 bits per heavy atom. The maximum absolute atomic E-state index is 9.27. The number of aryl methyl sites for hydroxylation is 1. The van der Waals surface area contributed by atoms with Crippen molar-refractivity contribution in [2.75, 3.05) is 26.3 Å². The van der Waals surface area contributed by atoms with E-state index in [9.17, 15) is 5.26 Å². The number of ether oxygens (including phenoxy) is 1. The fourth-order valence-corrected chi connectivity index (χ4v) is 2.40. The van der Waals surface area contributed by atoms with E-state index in [1.807, 2.05) is 13.8 Å². The highest BCUT2D eigenvalue weighted by molar-refractivity contribution is 5.37. The first kappa shape index (κ1) is 14.0. The molecule has 1 saturated heterocycles. The van der Waals surface area contributed by atoms with E-state index in [0.717, 1.165) is 38.4 Å². The predicted octanol–water partition coefficient (Wildman–Crippen LogP) is 2.63. The molecular formula is C16H22N2O. The van der Waals surface area contributed by atoms with E-state index in [2.05, 4.69) is 36.1 Å². The molecule has 0 saturated carbocycles. The normalized spacial score (nSPS) is 17.2. The molecule has 0 spiro atoms. The van der Waals surface area contributed by atoms with Gasteiger partial charge in [-0.1, -0.05) is 23.8 Å². The molecule has 3 heteroatoms. The van der Waals surface area contributed by atoms with Crippen LogP contribution in [0.15, 0.2) is 18.2 Å². The van der Waals surface area contributed by atoms with Crippen LogP contribution in [0.2, 0.25) is 0 Å². The van der Waals surface area contributed by atoms with Crippen LogP contribution in [-0.2, 0) is 16.7 Å². The van der Waals surface area contributed by atoms with Crippen LogP contribution in [0.5, 0.6) is 0 Å². The Hall–Kier alpha value is -1.37. The Morgan fingerprint density at radius 3 is 2.58 bits per heavy atom. The average Bonchev–Trinajstić information content (AvgIpc) is 2.39. The third-order valence-electron chi connectivity index (χ3n) is 3.65. The Morgan fingerprint density at radius 1 is 1.26 bits per heavy atom. The summed E-state index contributed by atoms with van der Waals surface area (Å²) in [6.45, 7) is 10.6. The van der Waals surface area contributed by atoms with Gasteiger partial charge < -0.3 is 4.74 Å². The van der Waals surface area contributed by atoms with Crippen LogP contribution in [0.3, 0.4) is 0 Å². The summed E-state index contributed by atoms with van der Waals surface area (Å²) in [5.41, 5.74) is 3.20. The highest BCUT2D eigenvalue weighted by Gasteiger charge is 2.21. The van der Waals surface area contributed by atoms with Crippen LogP contribution in [0.4, 0.5) is 0 Å². The average molecular weight is 258 g/mol. The lowest BCUT2D eigenvalue weighted by Crippen LogP contribution is -2.35. The van der Waals surface area contributed by atoms with Gasteiger partial charge in [-0.05, 0) is 31.9 Å². The molecule has 0 aliphatic carbocycles. The van der Waals surface area contributed by atoms with Gasteiger partial charge in [-0.25, -0.2) is 0 Å².